The van der Waals surface area contributed by atoms with Crippen molar-refractivity contribution in [2.75, 3.05) is 12.3 Å². The molecule has 0 aliphatic rings. The molecule has 2 aromatic carbocycles. The molecule has 25 heavy (non-hydrogen) atoms. The van der Waals surface area contributed by atoms with Crippen molar-refractivity contribution in [2.24, 2.45) is 0 Å². The van der Waals surface area contributed by atoms with E-state index in [1.807, 2.05) is 55.5 Å². The van der Waals surface area contributed by atoms with Gasteiger partial charge in [0.25, 0.3) is 5.52 Å². The van der Waals surface area contributed by atoms with Gasteiger partial charge in [0.2, 0.25) is 11.6 Å². The second-order valence-corrected chi connectivity index (χ2v) is 5.72. The normalized spacial score (nSPS) is 10.9. The van der Waals surface area contributed by atoms with Gasteiger partial charge in [0.05, 0.1) is 6.61 Å². The number of hydrogen-bond donors (Lipinski definition) is 2. The quantitative estimate of drug-likeness (QED) is 0.598. The molecule has 0 unspecified atom stereocenters. The van der Waals surface area contributed by atoms with Crippen LogP contribution in [0.4, 0.5) is 5.82 Å². The highest BCUT2D eigenvalue weighted by Crippen LogP contribution is 2.33. The third-order valence-electron chi connectivity index (χ3n) is 4.08. The van der Waals surface area contributed by atoms with E-state index in [-0.39, 0.29) is 0 Å². The molecule has 4 aromatic rings. The van der Waals surface area contributed by atoms with Crippen LogP contribution in [0, 0.1) is 0 Å². The Morgan fingerprint density at radius 3 is 2.28 bits per heavy atom. The Balaban J connectivity index is 2.03. The fourth-order valence-corrected chi connectivity index (χ4v) is 2.94. The minimum Gasteiger partial charge on any atom is -0.478 e. The Hall–Kier alpha value is -3.34. The van der Waals surface area contributed by atoms with Gasteiger partial charge in [0.1, 0.15) is 5.69 Å². The van der Waals surface area contributed by atoms with Gasteiger partial charge in [-0.2, -0.15) is 4.98 Å². The van der Waals surface area contributed by atoms with Crippen LogP contribution in [0.1, 0.15) is 6.92 Å². The Kier molecular flexibility index (Phi) is 3.82. The zero-order chi connectivity index (χ0) is 17.2. The molecule has 2 heterocycles. The van der Waals surface area contributed by atoms with E-state index in [1.54, 1.807) is 0 Å². The van der Waals surface area contributed by atoms with Crippen molar-refractivity contribution in [3.8, 4) is 28.4 Å². The topological polar surface area (TPSA) is 78.1 Å². The molecule has 0 aliphatic heterocycles. The van der Waals surface area contributed by atoms with E-state index in [0.29, 0.717) is 23.8 Å². The third-order valence-corrected chi connectivity index (χ3v) is 4.08. The standard InChI is InChI=1S/C20H18N4O/c1-2-25-20-18-17(19(21)24-20)22-15(13-9-5-3-6-10-13)16(23-18)14-11-7-4-8-12-14/h3-12,24H,2,21H2,1H3/p+1. The number of nitrogens with one attached hydrogen (secondary N) is 2. The maximum absolute atomic E-state index is 6.14. The minimum atomic E-state index is 0.516. The van der Waals surface area contributed by atoms with Gasteiger partial charge < -0.3 is 15.5 Å². The molecule has 0 saturated heterocycles. The molecule has 0 bridgehead atoms. The number of nitrogen functional groups attached to an aromatic ring is 1. The van der Waals surface area contributed by atoms with Crippen LogP contribution in [0.2, 0.25) is 0 Å². The van der Waals surface area contributed by atoms with Crippen LogP contribution in [0.15, 0.2) is 60.7 Å². The lowest BCUT2D eigenvalue weighted by Crippen LogP contribution is -2.12. The van der Waals surface area contributed by atoms with Crippen molar-refractivity contribution in [3.63, 3.8) is 0 Å². The molecule has 0 atom stereocenters. The molecule has 4 N–H and O–H groups in total. The zero-order valence-corrected chi connectivity index (χ0v) is 13.9. The fraction of sp³-hybridized carbons (Fsp3) is 0.100. The predicted octanol–water partition coefficient (Wildman–Crippen LogP) is 3.69. The first-order chi connectivity index (χ1) is 12.3. The highest BCUT2D eigenvalue weighted by Gasteiger charge is 2.24. The van der Waals surface area contributed by atoms with E-state index < -0.39 is 0 Å². The van der Waals surface area contributed by atoms with Crippen molar-refractivity contribution in [1.82, 2.24) is 9.97 Å². The summed E-state index contributed by atoms with van der Waals surface area (Å²) in [6, 6.07) is 20.2. The van der Waals surface area contributed by atoms with Gasteiger partial charge in [0, 0.05) is 11.1 Å². The molecule has 5 nitrogen and oxygen atoms in total. The van der Waals surface area contributed by atoms with Gasteiger partial charge in [-0.3, -0.25) is 0 Å². The highest BCUT2D eigenvalue weighted by atomic mass is 16.5. The molecule has 0 saturated carbocycles. The van der Waals surface area contributed by atoms with Crippen LogP contribution in [0.5, 0.6) is 5.88 Å². The second kappa shape index (κ2) is 6.28. The Morgan fingerprint density at radius 2 is 1.64 bits per heavy atom. The van der Waals surface area contributed by atoms with Gasteiger partial charge in [-0.25, -0.2) is 4.98 Å². The Bertz CT molecular complexity index is 1010. The molecular weight excluding hydrogens is 312 g/mol. The summed E-state index contributed by atoms with van der Waals surface area (Å²) in [4.78, 5) is 11.4. The number of rotatable bonds is 4. The van der Waals surface area contributed by atoms with Crippen LogP contribution in [-0.4, -0.2) is 16.6 Å². The van der Waals surface area contributed by atoms with Gasteiger partial charge >= 0.3 is 0 Å². The maximum Gasteiger partial charge on any atom is 0.276 e. The number of benzene rings is 2. The lowest BCUT2D eigenvalue weighted by atomic mass is 10.0. The molecular formula is C20H19N4O+. The minimum absolute atomic E-state index is 0.516. The number of aromatic amines is 2. The second-order valence-electron chi connectivity index (χ2n) is 5.72. The average molecular weight is 331 g/mol. The summed E-state index contributed by atoms with van der Waals surface area (Å²) in [7, 11) is 0. The number of H-pyrrole nitrogens is 2. The Labute approximate surface area is 145 Å². The van der Waals surface area contributed by atoms with Gasteiger partial charge in [-0.1, -0.05) is 48.5 Å². The molecule has 4 rings (SSSR count). The maximum atomic E-state index is 6.14. The molecule has 2 aromatic heterocycles. The first-order valence-corrected chi connectivity index (χ1v) is 8.26. The van der Waals surface area contributed by atoms with Crippen molar-refractivity contribution < 1.29 is 9.72 Å². The number of anilines is 1. The molecule has 0 amide bonds. The largest absolute Gasteiger partial charge is 0.478 e. The van der Waals surface area contributed by atoms with E-state index in [9.17, 15) is 0 Å². The van der Waals surface area contributed by atoms with Crippen LogP contribution < -0.4 is 15.5 Å². The lowest BCUT2D eigenvalue weighted by molar-refractivity contribution is -0.330. The average Bonchev–Trinajstić information content (AvgIpc) is 2.97. The van der Waals surface area contributed by atoms with Crippen molar-refractivity contribution in [2.45, 2.75) is 6.92 Å². The zero-order valence-electron chi connectivity index (χ0n) is 13.9. The number of hydrogen-bond acceptors (Lipinski definition) is 3. The number of aromatic nitrogens is 3. The summed E-state index contributed by atoms with van der Waals surface area (Å²) in [6.07, 6.45) is 0. The van der Waals surface area contributed by atoms with Crippen LogP contribution in [0.3, 0.4) is 0 Å². The van der Waals surface area contributed by atoms with E-state index in [4.69, 9.17) is 15.5 Å². The summed E-state index contributed by atoms with van der Waals surface area (Å²) >= 11 is 0. The monoisotopic (exact) mass is 331 g/mol. The van der Waals surface area contributed by atoms with E-state index >= 15 is 0 Å². The van der Waals surface area contributed by atoms with Crippen LogP contribution in [0.25, 0.3) is 33.5 Å². The SMILES string of the molecule is CCOc1[nH]c(N)c2[nH+]c(-c3ccccc3)c(-c3ccccc3)nc12. The highest BCUT2D eigenvalue weighted by molar-refractivity contribution is 5.91. The molecule has 0 fully saturated rings. The van der Waals surface area contributed by atoms with Crippen LogP contribution in [-0.2, 0) is 0 Å². The molecule has 5 heteroatoms. The molecule has 0 spiro atoms. The van der Waals surface area contributed by atoms with E-state index in [1.165, 1.54) is 0 Å². The smallest absolute Gasteiger partial charge is 0.276 e. The summed E-state index contributed by atoms with van der Waals surface area (Å²) in [6.45, 7) is 2.47. The third kappa shape index (κ3) is 2.70. The number of fused-ring (bicyclic) bond motifs is 1. The lowest BCUT2D eigenvalue weighted by Gasteiger charge is -2.05. The summed E-state index contributed by atoms with van der Waals surface area (Å²) in [5, 5.41) is 0. The van der Waals surface area contributed by atoms with Gasteiger partial charge in [-0.05, 0) is 19.1 Å². The predicted molar refractivity (Wildman–Crippen MR) is 99.1 cm³/mol. The van der Waals surface area contributed by atoms with E-state index in [0.717, 1.165) is 28.0 Å². The van der Waals surface area contributed by atoms with E-state index in [2.05, 4.69) is 22.1 Å². The number of ether oxygens (including phenoxy) is 1. The van der Waals surface area contributed by atoms with Crippen LogP contribution >= 0.6 is 0 Å². The Morgan fingerprint density at radius 1 is 1.00 bits per heavy atom. The number of nitrogens with two attached hydrogens (primary N) is 1. The van der Waals surface area contributed by atoms with Crippen molar-refractivity contribution in [3.05, 3.63) is 60.7 Å². The first-order valence-electron chi connectivity index (χ1n) is 8.26. The fourth-order valence-electron chi connectivity index (χ4n) is 2.94. The van der Waals surface area contributed by atoms with Crippen molar-refractivity contribution >= 4 is 16.9 Å². The molecule has 124 valence electrons. The first kappa shape index (κ1) is 15.2. The summed E-state index contributed by atoms with van der Waals surface area (Å²) in [5.74, 6) is 1.10. The van der Waals surface area contributed by atoms with Gasteiger partial charge in [0.15, 0.2) is 11.3 Å². The molecule has 0 radical (unpaired) electrons. The summed E-state index contributed by atoms with van der Waals surface area (Å²) < 4.78 is 5.66. The molecule has 0 aliphatic carbocycles. The summed E-state index contributed by atoms with van der Waals surface area (Å²) in [5.41, 5.74) is 11.5. The van der Waals surface area contributed by atoms with Gasteiger partial charge in [-0.15, -0.1) is 0 Å². The van der Waals surface area contributed by atoms with Crippen molar-refractivity contribution in [1.29, 1.82) is 0 Å². The number of nitrogens with zero attached hydrogens (tertiary/aromatic N) is 1.